The van der Waals surface area contributed by atoms with Crippen LogP contribution in [-0.2, 0) is 19.1 Å². The first-order chi connectivity index (χ1) is 13.8. The van der Waals surface area contributed by atoms with Crippen molar-refractivity contribution < 1.29 is 23.9 Å². The van der Waals surface area contributed by atoms with Crippen LogP contribution < -0.4 is 15.0 Å². The average Bonchev–Trinajstić information content (AvgIpc) is 2.68. The van der Waals surface area contributed by atoms with Crippen LogP contribution in [0.3, 0.4) is 0 Å². The van der Waals surface area contributed by atoms with Crippen LogP contribution in [0.5, 0.6) is 5.75 Å². The van der Waals surface area contributed by atoms with E-state index in [4.69, 9.17) is 9.47 Å². The Balaban J connectivity index is 1.66. The van der Waals surface area contributed by atoms with Gasteiger partial charge in [0.05, 0.1) is 12.2 Å². The molecule has 1 N–H and O–H groups in total. The normalized spacial score (nSPS) is 16.3. The maximum absolute atomic E-state index is 12.6. The van der Waals surface area contributed by atoms with E-state index in [0.29, 0.717) is 17.1 Å². The molecule has 7 heteroatoms. The summed E-state index contributed by atoms with van der Waals surface area (Å²) in [7, 11) is 0. The molecule has 1 heterocycles. The molecule has 7 nitrogen and oxygen atoms in total. The Morgan fingerprint density at radius 2 is 1.90 bits per heavy atom. The van der Waals surface area contributed by atoms with Crippen LogP contribution in [0.4, 0.5) is 11.4 Å². The Labute approximate surface area is 169 Å². The zero-order chi connectivity index (χ0) is 21.1. The van der Waals surface area contributed by atoms with Crippen molar-refractivity contribution in [3.8, 4) is 5.75 Å². The third-order valence-electron chi connectivity index (χ3n) is 4.72. The number of nitrogens with zero attached hydrogens (tertiary/aromatic N) is 1. The van der Waals surface area contributed by atoms with Crippen LogP contribution in [0.25, 0.3) is 0 Å². The predicted molar refractivity (Wildman–Crippen MR) is 109 cm³/mol. The van der Waals surface area contributed by atoms with E-state index in [1.165, 1.54) is 18.7 Å². The molecule has 1 aliphatic rings. The maximum Gasteiger partial charge on any atom is 0.350 e. The molecule has 2 amide bonds. The average molecular weight is 396 g/mol. The minimum absolute atomic E-state index is 0.0244. The summed E-state index contributed by atoms with van der Waals surface area (Å²) in [5.74, 6) is -0.929. The lowest BCUT2D eigenvalue weighted by atomic mass is 10.1. The van der Waals surface area contributed by atoms with Crippen molar-refractivity contribution in [3.63, 3.8) is 0 Å². The number of fused-ring (bicyclic) bond motifs is 1. The molecule has 0 aliphatic carbocycles. The number of carbonyl (C=O) groups is 3. The zero-order valence-corrected chi connectivity index (χ0v) is 16.9. The summed E-state index contributed by atoms with van der Waals surface area (Å²) < 4.78 is 11.0. The van der Waals surface area contributed by atoms with E-state index in [1.807, 2.05) is 32.0 Å². The lowest BCUT2D eigenvalue weighted by molar-refractivity contribution is -0.160. The first kappa shape index (κ1) is 20.4. The molecule has 1 aliphatic heterocycles. The Kier molecular flexibility index (Phi) is 5.87. The molecular weight excluding hydrogens is 372 g/mol. The Morgan fingerprint density at radius 1 is 1.17 bits per heavy atom. The van der Waals surface area contributed by atoms with Crippen molar-refractivity contribution in [2.24, 2.45) is 0 Å². The van der Waals surface area contributed by atoms with Crippen LogP contribution in [0, 0.1) is 13.8 Å². The van der Waals surface area contributed by atoms with Crippen LogP contribution in [0.2, 0.25) is 0 Å². The molecule has 29 heavy (non-hydrogen) atoms. The second-order valence-electron chi connectivity index (χ2n) is 7.09. The van der Waals surface area contributed by atoms with E-state index >= 15 is 0 Å². The number of rotatable bonds is 4. The monoisotopic (exact) mass is 396 g/mol. The van der Waals surface area contributed by atoms with Crippen molar-refractivity contribution >= 4 is 29.2 Å². The highest BCUT2D eigenvalue weighted by atomic mass is 16.6. The number of esters is 1. The summed E-state index contributed by atoms with van der Waals surface area (Å²) >= 11 is 0. The summed E-state index contributed by atoms with van der Waals surface area (Å²) in [4.78, 5) is 38.5. The van der Waals surface area contributed by atoms with E-state index in [-0.39, 0.29) is 12.5 Å². The molecule has 0 spiro atoms. The molecular formula is C22H24N2O5. The number of hydrogen-bond acceptors (Lipinski definition) is 5. The van der Waals surface area contributed by atoms with E-state index in [1.54, 1.807) is 24.3 Å². The van der Waals surface area contributed by atoms with Gasteiger partial charge in [0.1, 0.15) is 5.75 Å². The minimum Gasteiger partial charge on any atom is -0.475 e. The minimum atomic E-state index is -1.02. The highest BCUT2D eigenvalue weighted by Gasteiger charge is 2.35. The smallest absolute Gasteiger partial charge is 0.350 e. The highest BCUT2D eigenvalue weighted by Crippen LogP contribution is 2.33. The van der Waals surface area contributed by atoms with Gasteiger partial charge in [0.15, 0.2) is 6.10 Å². The van der Waals surface area contributed by atoms with E-state index in [2.05, 4.69) is 5.32 Å². The van der Waals surface area contributed by atoms with Gasteiger partial charge in [-0.2, -0.15) is 0 Å². The van der Waals surface area contributed by atoms with Gasteiger partial charge in [-0.05, 0) is 44.5 Å². The number of benzene rings is 2. The third-order valence-corrected chi connectivity index (χ3v) is 4.72. The Hall–Kier alpha value is -3.35. The summed E-state index contributed by atoms with van der Waals surface area (Å²) in [6.07, 6.45) is -2.03. The number of hydrogen-bond donors (Lipinski definition) is 1. The van der Waals surface area contributed by atoms with Gasteiger partial charge in [-0.15, -0.1) is 0 Å². The van der Waals surface area contributed by atoms with Crippen LogP contribution in [-0.4, -0.2) is 36.5 Å². The fourth-order valence-electron chi connectivity index (χ4n) is 3.15. The van der Waals surface area contributed by atoms with Gasteiger partial charge in [-0.3, -0.25) is 9.59 Å². The lowest BCUT2D eigenvalue weighted by Crippen LogP contribution is -2.48. The number of carbonyl (C=O) groups excluding carboxylic acids is 3. The van der Waals surface area contributed by atoms with Crippen LogP contribution >= 0.6 is 0 Å². The second-order valence-corrected chi connectivity index (χ2v) is 7.09. The number of ether oxygens (including phenoxy) is 2. The van der Waals surface area contributed by atoms with Gasteiger partial charge in [0.2, 0.25) is 12.0 Å². The number of aryl methyl sites for hydroxylation is 2. The van der Waals surface area contributed by atoms with Crippen LogP contribution in [0.1, 0.15) is 25.0 Å². The molecule has 2 aromatic carbocycles. The van der Waals surface area contributed by atoms with Crippen molar-refractivity contribution in [2.45, 2.75) is 39.9 Å². The number of anilines is 2. The summed E-state index contributed by atoms with van der Waals surface area (Å²) in [5.41, 5.74) is 3.27. The molecule has 0 radical (unpaired) electrons. The molecule has 0 bridgehead atoms. The van der Waals surface area contributed by atoms with Gasteiger partial charge in [0.25, 0.3) is 5.91 Å². The quantitative estimate of drug-likeness (QED) is 0.803. The Morgan fingerprint density at radius 3 is 2.59 bits per heavy atom. The second kappa shape index (κ2) is 8.34. The van der Waals surface area contributed by atoms with Crippen molar-refractivity contribution in [2.75, 3.05) is 16.8 Å². The Bertz CT molecular complexity index is 956. The predicted octanol–water partition coefficient (Wildman–Crippen LogP) is 2.99. The molecule has 0 unspecified atom stereocenters. The first-order valence-electron chi connectivity index (χ1n) is 9.38. The summed E-state index contributed by atoms with van der Waals surface area (Å²) in [6, 6.07) is 12.6. The van der Waals surface area contributed by atoms with Crippen molar-refractivity contribution in [3.05, 3.63) is 53.6 Å². The standard InChI is InChI=1S/C22H24N2O5/c1-13-9-10-17(14(2)11-13)23-21(26)15(3)28-22(27)20-12-24(16(4)25)18-7-5-6-8-19(18)29-20/h5-11,15,20H,12H2,1-4H3,(H,23,26)/t15-,20-/m0/s1. The van der Waals surface area contributed by atoms with Gasteiger partial charge >= 0.3 is 5.97 Å². The third kappa shape index (κ3) is 4.56. The van der Waals surface area contributed by atoms with Crippen molar-refractivity contribution in [1.29, 1.82) is 0 Å². The molecule has 3 rings (SSSR count). The highest BCUT2D eigenvalue weighted by molar-refractivity contribution is 5.97. The fraction of sp³-hybridized carbons (Fsp3) is 0.318. The molecule has 0 fully saturated rings. The zero-order valence-electron chi connectivity index (χ0n) is 16.9. The fourth-order valence-corrected chi connectivity index (χ4v) is 3.15. The molecule has 0 aromatic heterocycles. The topological polar surface area (TPSA) is 84.9 Å². The first-order valence-corrected chi connectivity index (χ1v) is 9.38. The van der Waals surface area contributed by atoms with E-state index < -0.39 is 24.1 Å². The van der Waals surface area contributed by atoms with Crippen LogP contribution in [0.15, 0.2) is 42.5 Å². The lowest BCUT2D eigenvalue weighted by Gasteiger charge is -2.33. The molecule has 152 valence electrons. The summed E-state index contributed by atoms with van der Waals surface area (Å²) in [5, 5.41) is 2.77. The number of amides is 2. The SMILES string of the molecule is CC(=O)N1C[C@@H](C(=O)O[C@@H](C)C(=O)Nc2ccc(C)cc2C)Oc2ccccc21. The molecule has 2 aromatic rings. The van der Waals surface area contributed by atoms with Gasteiger partial charge in [0, 0.05) is 12.6 Å². The van der Waals surface area contributed by atoms with Crippen molar-refractivity contribution in [1.82, 2.24) is 0 Å². The van der Waals surface area contributed by atoms with Gasteiger partial charge in [-0.25, -0.2) is 4.79 Å². The molecule has 2 atom stereocenters. The van der Waals surface area contributed by atoms with Gasteiger partial charge in [-0.1, -0.05) is 29.8 Å². The largest absolute Gasteiger partial charge is 0.475 e. The molecule has 0 saturated heterocycles. The number of para-hydroxylation sites is 2. The summed E-state index contributed by atoms with van der Waals surface area (Å²) in [6.45, 7) is 6.80. The van der Waals surface area contributed by atoms with E-state index in [0.717, 1.165) is 11.1 Å². The number of nitrogens with one attached hydrogen (secondary N) is 1. The van der Waals surface area contributed by atoms with Gasteiger partial charge < -0.3 is 19.7 Å². The van der Waals surface area contributed by atoms with E-state index in [9.17, 15) is 14.4 Å². The maximum atomic E-state index is 12.6. The molecule has 0 saturated carbocycles.